The number of carboxylic acid groups (broad SMARTS) is 1. The minimum absolute atomic E-state index is 0.0133. The van der Waals surface area contributed by atoms with Crippen LogP contribution in [0.25, 0.3) is 27.6 Å². The highest BCUT2D eigenvalue weighted by Gasteiger charge is 2.51. The third-order valence-corrected chi connectivity index (χ3v) is 13.9. The number of carbonyl (C=O) groups excluding carboxylic acids is 1. The van der Waals surface area contributed by atoms with Crippen molar-refractivity contribution >= 4 is 61.3 Å². The first-order valence-electron chi connectivity index (χ1n) is 21.4. The molecule has 21 heteroatoms. The Kier molecular flexibility index (Phi) is 10.3. The molecule has 4 aliphatic rings. The second-order valence-electron chi connectivity index (χ2n) is 18.0. The number of pyridine rings is 1. The van der Waals surface area contributed by atoms with E-state index in [1.54, 1.807) is 17.7 Å². The molecule has 15 nitrogen and oxygen atoms in total. The van der Waals surface area contributed by atoms with Crippen molar-refractivity contribution < 1.29 is 40.7 Å². The normalized spacial score (nSPS) is 19.6. The van der Waals surface area contributed by atoms with Crippen LogP contribution in [0.15, 0.2) is 41.2 Å². The third-order valence-electron chi connectivity index (χ3n) is 13.0. The van der Waals surface area contributed by atoms with Crippen LogP contribution in [-0.2, 0) is 45.5 Å². The number of fused-ring (bicyclic) bond motifs is 5. The van der Waals surface area contributed by atoms with E-state index in [0.717, 1.165) is 64.7 Å². The van der Waals surface area contributed by atoms with Crippen LogP contribution in [-0.4, -0.2) is 71.7 Å². The SMILES string of the molecule is Cc1cc(C2CCC(F)(F)CC2)nc2nc([C@H](Cc3cc(F)cc(F)c3)NC(=O)Cn3nc(C4CC4)c4c3C[C@@H]3C[C@H]43)n(-c3ccc(Cl)c4c(NS(C)(=O)=O)nn(CC(=O)O)c34)c(=O)c12. The van der Waals surface area contributed by atoms with Gasteiger partial charge in [0.05, 0.1) is 45.0 Å². The van der Waals surface area contributed by atoms with Crippen molar-refractivity contribution in [3.05, 3.63) is 103 Å². The van der Waals surface area contributed by atoms with Crippen LogP contribution in [0.2, 0.25) is 5.02 Å². The lowest BCUT2D eigenvalue weighted by atomic mass is 9.84. The average Bonchev–Trinajstić information content (AvgIpc) is 4.10. The number of hydrogen-bond acceptors (Lipinski definition) is 9. The maximum atomic E-state index is 15.4. The van der Waals surface area contributed by atoms with E-state index in [2.05, 4.69) is 15.1 Å². The molecule has 0 saturated heterocycles. The summed E-state index contributed by atoms with van der Waals surface area (Å²) in [7, 11) is -4.03. The monoisotopic (exact) mass is 935 g/mol. The van der Waals surface area contributed by atoms with Gasteiger partial charge in [0, 0.05) is 54.1 Å². The number of aliphatic carboxylic acids is 1. The molecule has 3 atom stereocenters. The first kappa shape index (κ1) is 43.0. The molecule has 4 aliphatic carbocycles. The summed E-state index contributed by atoms with van der Waals surface area (Å²) in [4.78, 5) is 51.8. The molecular formula is C44H42ClF4N9O6S. The molecule has 6 aromatic rings. The molecule has 0 aliphatic heterocycles. The van der Waals surface area contributed by atoms with Crippen molar-refractivity contribution in [2.75, 3.05) is 11.0 Å². The van der Waals surface area contributed by atoms with Crippen LogP contribution < -0.4 is 15.6 Å². The van der Waals surface area contributed by atoms with Crippen LogP contribution in [0, 0.1) is 24.5 Å². The van der Waals surface area contributed by atoms with Gasteiger partial charge in [-0.05, 0) is 98.7 Å². The lowest BCUT2D eigenvalue weighted by Crippen LogP contribution is -2.38. The fourth-order valence-electron chi connectivity index (χ4n) is 9.91. The predicted octanol–water partition coefficient (Wildman–Crippen LogP) is 6.95. The summed E-state index contributed by atoms with van der Waals surface area (Å²) in [6, 6.07) is 5.84. The van der Waals surface area contributed by atoms with Crippen molar-refractivity contribution in [3.8, 4) is 5.69 Å². The van der Waals surface area contributed by atoms with Crippen molar-refractivity contribution in [2.45, 2.75) is 108 Å². The zero-order valence-electron chi connectivity index (χ0n) is 35.0. The molecule has 4 aromatic heterocycles. The van der Waals surface area contributed by atoms with Crippen LogP contribution in [0.4, 0.5) is 23.4 Å². The number of nitrogens with zero attached hydrogens (tertiary/aromatic N) is 7. The van der Waals surface area contributed by atoms with E-state index >= 15 is 4.79 Å². The van der Waals surface area contributed by atoms with E-state index < -0.39 is 57.6 Å². The number of carboxylic acids is 1. The number of alkyl halides is 2. The topological polar surface area (TPSA) is 196 Å². The molecule has 2 aromatic carbocycles. The molecule has 0 unspecified atom stereocenters. The Bertz CT molecular complexity index is 3160. The Morgan fingerprint density at radius 3 is 2.37 bits per heavy atom. The predicted molar refractivity (Wildman–Crippen MR) is 230 cm³/mol. The number of rotatable bonds is 13. The van der Waals surface area contributed by atoms with Gasteiger partial charge < -0.3 is 10.4 Å². The maximum absolute atomic E-state index is 15.4. The van der Waals surface area contributed by atoms with E-state index in [1.165, 1.54) is 17.7 Å². The van der Waals surface area contributed by atoms with Gasteiger partial charge >= 0.3 is 5.97 Å². The third kappa shape index (κ3) is 8.23. The number of carbonyl (C=O) groups is 2. The second-order valence-corrected chi connectivity index (χ2v) is 20.1. The van der Waals surface area contributed by atoms with Gasteiger partial charge in [0.2, 0.25) is 21.9 Å². The van der Waals surface area contributed by atoms with Gasteiger partial charge in [-0.25, -0.2) is 40.6 Å². The van der Waals surface area contributed by atoms with Crippen LogP contribution >= 0.6 is 11.6 Å². The Balaban J connectivity index is 1.19. The van der Waals surface area contributed by atoms with E-state index in [9.17, 15) is 40.7 Å². The molecule has 3 N–H and O–H groups in total. The van der Waals surface area contributed by atoms with Gasteiger partial charge in [0.1, 0.15) is 30.5 Å². The van der Waals surface area contributed by atoms with Crippen molar-refractivity contribution in [3.63, 3.8) is 0 Å². The first-order chi connectivity index (χ1) is 30.8. The fourth-order valence-corrected chi connectivity index (χ4v) is 10.6. The molecule has 0 bridgehead atoms. The summed E-state index contributed by atoms with van der Waals surface area (Å²) in [6.07, 6.45) is 3.96. The van der Waals surface area contributed by atoms with Crippen LogP contribution in [0.3, 0.4) is 0 Å². The van der Waals surface area contributed by atoms with E-state index in [-0.39, 0.29) is 94.4 Å². The minimum atomic E-state index is -4.03. The molecule has 3 saturated carbocycles. The smallest absolute Gasteiger partial charge is 0.325 e. The van der Waals surface area contributed by atoms with E-state index in [1.807, 2.05) is 0 Å². The number of aromatic nitrogens is 7. The number of sulfonamides is 1. The molecule has 1 amide bonds. The highest BCUT2D eigenvalue weighted by molar-refractivity contribution is 7.92. The first-order valence-corrected chi connectivity index (χ1v) is 23.6. The Labute approximate surface area is 373 Å². The van der Waals surface area contributed by atoms with Crippen LogP contribution in [0.5, 0.6) is 0 Å². The molecule has 0 radical (unpaired) electrons. The fraction of sp³-hybridized carbons (Fsp3) is 0.432. The largest absolute Gasteiger partial charge is 0.480 e. The minimum Gasteiger partial charge on any atom is -0.480 e. The Hall–Kier alpha value is -5.89. The highest BCUT2D eigenvalue weighted by atomic mass is 35.5. The summed E-state index contributed by atoms with van der Waals surface area (Å²) in [5, 5.41) is 22.0. The number of nitrogens with one attached hydrogen (secondary N) is 2. The number of hydrogen-bond donors (Lipinski definition) is 3. The van der Waals surface area contributed by atoms with Crippen LogP contribution in [0.1, 0.15) is 108 Å². The number of anilines is 1. The average molecular weight is 936 g/mol. The molecule has 340 valence electrons. The molecule has 65 heavy (non-hydrogen) atoms. The highest BCUT2D eigenvalue weighted by Crippen LogP contribution is 2.60. The molecule has 4 heterocycles. The lowest BCUT2D eigenvalue weighted by Gasteiger charge is -2.28. The van der Waals surface area contributed by atoms with Gasteiger partial charge in [-0.3, -0.25) is 28.4 Å². The number of halogens is 5. The van der Waals surface area contributed by atoms with E-state index in [4.69, 9.17) is 26.7 Å². The van der Waals surface area contributed by atoms with Gasteiger partial charge in [0.25, 0.3) is 5.56 Å². The maximum Gasteiger partial charge on any atom is 0.325 e. The van der Waals surface area contributed by atoms with Gasteiger partial charge in [0.15, 0.2) is 11.5 Å². The van der Waals surface area contributed by atoms with Crippen molar-refractivity contribution in [1.82, 2.24) is 39.4 Å². The Morgan fingerprint density at radius 2 is 1.69 bits per heavy atom. The molecular weight excluding hydrogens is 894 g/mol. The zero-order chi connectivity index (χ0) is 45.9. The Morgan fingerprint density at radius 1 is 0.969 bits per heavy atom. The summed E-state index contributed by atoms with van der Waals surface area (Å²) >= 11 is 6.70. The second kappa shape index (κ2) is 15.6. The van der Waals surface area contributed by atoms with Crippen molar-refractivity contribution in [2.24, 2.45) is 5.92 Å². The number of amides is 1. The number of benzene rings is 2. The van der Waals surface area contributed by atoms with Gasteiger partial charge in [-0.15, -0.1) is 0 Å². The summed E-state index contributed by atoms with van der Waals surface area (Å²) < 4.78 is 89.5. The van der Waals surface area contributed by atoms with E-state index in [0.29, 0.717) is 35.1 Å². The summed E-state index contributed by atoms with van der Waals surface area (Å²) in [5.74, 6) is -6.26. The van der Waals surface area contributed by atoms with Gasteiger partial charge in [-0.1, -0.05) is 11.6 Å². The van der Waals surface area contributed by atoms with Gasteiger partial charge in [-0.2, -0.15) is 10.2 Å². The molecule has 0 spiro atoms. The quantitative estimate of drug-likeness (QED) is 0.102. The molecule has 10 rings (SSSR count). The lowest BCUT2D eigenvalue weighted by molar-refractivity contribution is -0.137. The van der Waals surface area contributed by atoms with Crippen molar-refractivity contribution in [1.29, 1.82) is 0 Å². The number of aryl methyl sites for hydroxylation is 1. The zero-order valence-corrected chi connectivity index (χ0v) is 36.6. The summed E-state index contributed by atoms with van der Waals surface area (Å²) in [6.45, 7) is 0.576. The summed E-state index contributed by atoms with van der Waals surface area (Å²) in [5.41, 5.74) is 3.04. The molecule has 3 fully saturated rings. The standard InChI is InChI=1S/C44H42ClF4N9O6S/c1-20-11-29(22-7-9-44(48,49)10-8-22)51-40-35(20)43(62)58(31-6-5-28(45)37-39(31)57(19-34(60)61)54-41(37)55-65(2,63)64)42(52-40)30(14-21-12-25(46)17-26(47)13-21)50-33(59)18-56-32-16-24-15-27(24)36(32)38(53-56)23-3-4-23/h5-6,11-13,17,22-24,27,30H,3-4,7-10,14-16,18-19H2,1-2H3,(H,50,59)(H,54,55)(H,60,61)/t24-,27-,30-/m0/s1.